The van der Waals surface area contributed by atoms with Crippen LogP contribution in [0.25, 0.3) is 0 Å². The average Bonchev–Trinajstić information content (AvgIpc) is 2.68. The maximum absolute atomic E-state index is 14.1. The van der Waals surface area contributed by atoms with Crippen LogP contribution in [0.3, 0.4) is 0 Å². The van der Waals surface area contributed by atoms with Gasteiger partial charge in [-0.1, -0.05) is 44.2 Å². The fraction of sp³-hybridized carbons (Fsp3) is 0.435. The van der Waals surface area contributed by atoms with Crippen molar-refractivity contribution in [2.75, 3.05) is 6.61 Å². The van der Waals surface area contributed by atoms with Gasteiger partial charge in [-0.3, -0.25) is 0 Å². The number of hydrogen-bond donors (Lipinski definition) is 0. The van der Waals surface area contributed by atoms with E-state index < -0.39 is 11.8 Å². The van der Waals surface area contributed by atoms with Gasteiger partial charge in [-0.2, -0.15) is 0 Å². The van der Waals surface area contributed by atoms with Crippen LogP contribution in [-0.2, 0) is 6.42 Å². The lowest BCUT2D eigenvalue weighted by Crippen LogP contribution is -2.11. The molecule has 1 fully saturated rings. The van der Waals surface area contributed by atoms with E-state index in [9.17, 15) is 9.18 Å². The van der Waals surface area contributed by atoms with Gasteiger partial charge in [-0.25, -0.2) is 9.18 Å². The highest BCUT2D eigenvalue weighted by Gasteiger charge is 2.16. The van der Waals surface area contributed by atoms with Crippen molar-refractivity contribution in [1.29, 1.82) is 0 Å². The molecule has 0 amide bonds. The standard InChI is InChI=1S/C23H27FO3/c1-2-26-20-14-15-21(22(24)16-20)23(25)27-19-12-10-18(11-13-19)9-8-17-6-4-3-5-7-17/h10-17H,2-9H2,1H3. The van der Waals surface area contributed by atoms with Gasteiger partial charge >= 0.3 is 5.97 Å². The zero-order valence-corrected chi connectivity index (χ0v) is 15.9. The van der Waals surface area contributed by atoms with Crippen molar-refractivity contribution >= 4 is 5.97 Å². The summed E-state index contributed by atoms with van der Waals surface area (Å²) in [5, 5.41) is 0. The number of ether oxygens (including phenoxy) is 2. The van der Waals surface area contributed by atoms with Crippen LogP contribution in [0.2, 0.25) is 0 Å². The summed E-state index contributed by atoms with van der Waals surface area (Å²) >= 11 is 0. The molecule has 0 atom stereocenters. The predicted octanol–water partition coefficient (Wildman–Crippen LogP) is 5.96. The zero-order chi connectivity index (χ0) is 19.1. The molecule has 0 unspecified atom stereocenters. The Morgan fingerprint density at radius 3 is 2.41 bits per heavy atom. The van der Waals surface area contributed by atoms with Gasteiger partial charge in [-0.15, -0.1) is 0 Å². The van der Waals surface area contributed by atoms with Crippen molar-refractivity contribution < 1.29 is 18.7 Å². The normalized spacial score (nSPS) is 14.7. The van der Waals surface area contributed by atoms with E-state index in [4.69, 9.17) is 9.47 Å². The first kappa shape index (κ1) is 19.4. The van der Waals surface area contributed by atoms with Crippen molar-refractivity contribution in [3.05, 3.63) is 59.4 Å². The van der Waals surface area contributed by atoms with Crippen molar-refractivity contribution in [3.8, 4) is 11.5 Å². The van der Waals surface area contributed by atoms with Crippen LogP contribution in [0.1, 0.15) is 61.4 Å². The van der Waals surface area contributed by atoms with Gasteiger partial charge < -0.3 is 9.47 Å². The Bertz CT molecular complexity index is 749. The maximum Gasteiger partial charge on any atom is 0.346 e. The summed E-state index contributed by atoms with van der Waals surface area (Å²) in [7, 11) is 0. The summed E-state index contributed by atoms with van der Waals surface area (Å²) in [6, 6.07) is 11.7. The molecule has 27 heavy (non-hydrogen) atoms. The highest BCUT2D eigenvalue weighted by Crippen LogP contribution is 2.28. The Morgan fingerprint density at radius 2 is 1.74 bits per heavy atom. The molecule has 4 heteroatoms. The van der Waals surface area contributed by atoms with Gasteiger partial charge in [0.2, 0.25) is 0 Å². The highest BCUT2D eigenvalue weighted by molar-refractivity contribution is 5.91. The van der Waals surface area contributed by atoms with Gasteiger partial charge in [0.1, 0.15) is 17.3 Å². The number of halogens is 1. The quantitative estimate of drug-likeness (QED) is 0.446. The summed E-state index contributed by atoms with van der Waals surface area (Å²) in [4.78, 5) is 12.2. The molecule has 0 heterocycles. The van der Waals surface area contributed by atoms with Gasteiger partial charge in [0.05, 0.1) is 12.2 Å². The van der Waals surface area contributed by atoms with E-state index in [1.807, 2.05) is 19.1 Å². The number of aryl methyl sites for hydroxylation is 1. The smallest absolute Gasteiger partial charge is 0.346 e. The maximum atomic E-state index is 14.1. The van der Waals surface area contributed by atoms with Crippen LogP contribution < -0.4 is 9.47 Å². The second-order valence-electron chi connectivity index (χ2n) is 7.15. The first-order chi connectivity index (χ1) is 13.2. The minimum absolute atomic E-state index is 0.0974. The molecule has 0 radical (unpaired) electrons. The number of hydrogen-bond acceptors (Lipinski definition) is 3. The molecule has 3 nitrogen and oxygen atoms in total. The number of carbonyl (C=O) groups is 1. The summed E-state index contributed by atoms with van der Waals surface area (Å²) in [5.74, 6) is 0.322. The van der Waals surface area contributed by atoms with Crippen LogP contribution in [0.5, 0.6) is 11.5 Å². The minimum Gasteiger partial charge on any atom is -0.494 e. The lowest BCUT2D eigenvalue weighted by Gasteiger charge is -2.21. The van der Waals surface area contributed by atoms with Gasteiger partial charge in [0.15, 0.2) is 0 Å². The fourth-order valence-corrected chi connectivity index (χ4v) is 3.65. The largest absolute Gasteiger partial charge is 0.494 e. The van der Waals surface area contributed by atoms with E-state index in [2.05, 4.69) is 0 Å². The molecule has 0 aromatic heterocycles. The van der Waals surface area contributed by atoms with Crippen LogP contribution in [0.15, 0.2) is 42.5 Å². The third-order valence-electron chi connectivity index (χ3n) is 5.17. The molecule has 0 aliphatic heterocycles. The molecule has 0 N–H and O–H groups in total. The SMILES string of the molecule is CCOc1ccc(C(=O)Oc2ccc(CCC3CCCCC3)cc2)c(F)c1. The molecule has 1 saturated carbocycles. The van der Waals surface area contributed by atoms with E-state index in [1.165, 1.54) is 56.2 Å². The Morgan fingerprint density at radius 1 is 1.04 bits per heavy atom. The number of rotatable bonds is 7. The molecule has 0 saturated heterocycles. The first-order valence-electron chi connectivity index (χ1n) is 9.89. The highest BCUT2D eigenvalue weighted by atomic mass is 19.1. The van der Waals surface area contributed by atoms with Crippen LogP contribution in [0.4, 0.5) is 4.39 Å². The molecule has 3 rings (SSSR count). The Labute approximate surface area is 160 Å². The number of benzene rings is 2. The van der Waals surface area contributed by atoms with Crippen LogP contribution in [0, 0.1) is 11.7 Å². The van der Waals surface area contributed by atoms with E-state index >= 15 is 0 Å². The molecule has 1 aliphatic rings. The molecule has 1 aliphatic carbocycles. The molecule has 2 aromatic carbocycles. The van der Waals surface area contributed by atoms with Crippen molar-refractivity contribution in [3.63, 3.8) is 0 Å². The lowest BCUT2D eigenvalue weighted by molar-refractivity contribution is 0.0730. The summed E-state index contributed by atoms with van der Waals surface area (Å²) in [6.45, 7) is 2.26. The van der Waals surface area contributed by atoms with E-state index in [0.717, 1.165) is 12.3 Å². The molecule has 0 bridgehead atoms. The Hall–Kier alpha value is -2.36. The monoisotopic (exact) mass is 370 g/mol. The Kier molecular flexibility index (Phi) is 6.86. The second-order valence-corrected chi connectivity index (χ2v) is 7.15. The average molecular weight is 370 g/mol. The molecule has 2 aromatic rings. The summed E-state index contributed by atoms with van der Waals surface area (Å²) in [6.07, 6.45) is 9.07. The van der Waals surface area contributed by atoms with Crippen LogP contribution in [-0.4, -0.2) is 12.6 Å². The topological polar surface area (TPSA) is 35.5 Å². The van der Waals surface area contributed by atoms with Gasteiger partial charge in [-0.05, 0) is 55.5 Å². The van der Waals surface area contributed by atoms with Crippen molar-refractivity contribution in [2.45, 2.75) is 51.9 Å². The minimum atomic E-state index is -0.703. The molecule has 144 valence electrons. The molecule has 0 spiro atoms. The van der Waals surface area contributed by atoms with E-state index in [1.54, 1.807) is 18.2 Å². The van der Waals surface area contributed by atoms with Crippen molar-refractivity contribution in [1.82, 2.24) is 0 Å². The van der Waals surface area contributed by atoms with E-state index in [0.29, 0.717) is 18.1 Å². The third kappa shape index (κ3) is 5.56. The lowest BCUT2D eigenvalue weighted by atomic mass is 9.85. The first-order valence-corrected chi connectivity index (χ1v) is 9.89. The molecular formula is C23H27FO3. The van der Waals surface area contributed by atoms with Crippen molar-refractivity contribution in [2.24, 2.45) is 5.92 Å². The zero-order valence-electron chi connectivity index (χ0n) is 15.9. The fourth-order valence-electron chi connectivity index (χ4n) is 3.65. The number of carbonyl (C=O) groups excluding carboxylic acids is 1. The second kappa shape index (κ2) is 9.54. The predicted molar refractivity (Wildman–Crippen MR) is 104 cm³/mol. The summed E-state index contributed by atoms with van der Waals surface area (Å²) < 4.78 is 24.6. The molecular weight excluding hydrogens is 343 g/mol. The van der Waals surface area contributed by atoms with Gasteiger partial charge in [0, 0.05) is 6.07 Å². The summed E-state index contributed by atoms with van der Waals surface area (Å²) in [5.41, 5.74) is 1.15. The van der Waals surface area contributed by atoms with E-state index in [-0.39, 0.29) is 5.56 Å². The third-order valence-corrected chi connectivity index (χ3v) is 5.17. The Balaban J connectivity index is 1.55. The number of esters is 1. The van der Waals surface area contributed by atoms with Crippen LogP contribution >= 0.6 is 0 Å². The van der Waals surface area contributed by atoms with Gasteiger partial charge in [0.25, 0.3) is 0 Å².